The zero-order valence-electron chi connectivity index (χ0n) is 16.6. The number of aromatic nitrogens is 1. The molecule has 1 aliphatic heterocycles. The molecule has 1 saturated heterocycles. The first-order valence-corrected chi connectivity index (χ1v) is 10.7. The minimum absolute atomic E-state index is 0.0911. The zero-order valence-corrected chi connectivity index (χ0v) is 17.4. The number of aryl methyl sites for hydroxylation is 1. The summed E-state index contributed by atoms with van der Waals surface area (Å²) >= 11 is 1.71. The van der Waals surface area contributed by atoms with Crippen LogP contribution in [0.1, 0.15) is 31.5 Å². The summed E-state index contributed by atoms with van der Waals surface area (Å²) in [6.45, 7) is 11.3. The van der Waals surface area contributed by atoms with Gasteiger partial charge in [0, 0.05) is 44.6 Å². The summed E-state index contributed by atoms with van der Waals surface area (Å²) in [4.78, 5) is 24.4. The molecular weight excluding hydrogens is 356 g/mol. The van der Waals surface area contributed by atoms with Crippen LogP contribution in [0.5, 0.6) is 0 Å². The largest absolute Gasteiger partial charge is 0.347 e. The molecule has 1 atom stereocenters. The predicted octanol–water partition coefficient (Wildman–Crippen LogP) is 3.40. The number of rotatable bonds is 6. The van der Waals surface area contributed by atoms with E-state index in [9.17, 15) is 4.79 Å². The Hall–Kier alpha value is -1.92. The quantitative estimate of drug-likeness (QED) is 0.763. The minimum atomic E-state index is -0.0911. The Morgan fingerprint density at radius 3 is 2.67 bits per heavy atom. The molecule has 0 aliphatic carbocycles. The molecule has 0 bridgehead atoms. The third kappa shape index (κ3) is 5.08. The van der Waals surface area contributed by atoms with Gasteiger partial charge in [-0.05, 0) is 32.8 Å². The summed E-state index contributed by atoms with van der Waals surface area (Å²) in [5.41, 5.74) is 2.26. The number of hydrogen-bond acceptors (Lipinski definition) is 5. The van der Waals surface area contributed by atoms with Crippen LogP contribution in [0.3, 0.4) is 0 Å². The lowest BCUT2D eigenvalue weighted by Crippen LogP contribution is -2.48. The first-order chi connectivity index (χ1) is 13.1. The van der Waals surface area contributed by atoms with E-state index in [1.165, 1.54) is 5.56 Å². The molecule has 1 aromatic carbocycles. The maximum atomic E-state index is 13.1. The molecule has 0 N–H and O–H groups in total. The summed E-state index contributed by atoms with van der Waals surface area (Å²) in [6, 6.07) is 10.1. The van der Waals surface area contributed by atoms with E-state index in [2.05, 4.69) is 46.1 Å². The molecule has 1 fully saturated rings. The third-order valence-electron chi connectivity index (χ3n) is 5.22. The third-order valence-corrected chi connectivity index (χ3v) is 6.24. The Kier molecular flexibility index (Phi) is 6.85. The van der Waals surface area contributed by atoms with E-state index in [1.54, 1.807) is 11.3 Å². The number of benzene rings is 1. The number of thiazole rings is 1. The Bertz CT molecular complexity index is 733. The van der Waals surface area contributed by atoms with E-state index < -0.39 is 0 Å². The van der Waals surface area contributed by atoms with Gasteiger partial charge in [-0.1, -0.05) is 30.3 Å². The van der Waals surface area contributed by atoms with E-state index in [0.717, 1.165) is 50.0 Å². The first-order valence-electron chi connectivity index (χ1n) is 9.82. The molecule has 146 valence electrons. The summed E-state index contributed by atoms with van der Waals surface area (Å²) in [5, 5.41) is 3.21. The molecular formula is C21H30N4OS. The summed E-state index contributed by atoms with van der Waals surface area (Å²) < 4.78 is 0. The number of likely N-dealkylation sites (N-methyl/N-ethyl adjacent to an activating group) is 1. The van der Waals surface area contributed by atoms with Gasteiger partial charge in [-0.3, -0.25) is 9.69 Å². The Morgan fingerprint density at radius 2 is 2.00 bits per heavy atom. The van der Waals surface area contributed by atoms with Crippen LogP contribution in [0.25, 0.3) is 0 Å². The monoisotopic (exact) mass is 386 g/mol. The van der Waals surface area contributed by atoms with Crippen LogP contribution in [-0.4, -0.2) is 59.5 Å². The molecule has 0 radical (unpaired) electrons. The smallest absolute Gasteiger partial charge is 0.239 e. The molecule has 1 aromatic heterocycles. The van der Waals surface area contributed by atoms with Crippen molar-refractivity contribution in [2.24, 2.45) is 0 Å². The lowest BCUT2D eigenvalue weighted by atomic mass is 10.1. The average molecular weight is 387 g/mol. The van der Waals surface area contributed by atoms with Gasteiger partial charge in [-0.25, -0.2) is 4.98 Å². The Labute approximate surface area is 166 Å². The van der Waals surface area contributed by atoms with Crippen LogP contribution in [0.4, 0.5) is 5.13 Å². The standard InChI is InChI=1S/C21H30N4OS/c1-4-23(15-19-9-6-5-7-10-19)20(26)18(3)24-11-8-12-25(14-13-24)21-22-17(2)16-27-21/h5-7,9-10,16,18H,4,8,11-15H2,1-3H3. The van der Waals surface area contributed by atoms with Gasteiger partial charge in [0.1, 0.15) is 0 Å². The number of carbonyl (C=O) groups excluding carboxylic acids is 1. The minimum Gasteiger partial charge on any atom is -0.347 e. The molecule has 2 heterocycles. The van der Waals surface area contributed by atoms with Crippen molar-refractivity contribution in [1.29, 1.82) is 0 Å². The van der Waals surface area contributed by atoms with Crippen molar-refractivity contribution in [1.82, 2.24) is 14.8 Å². The maximum Gasteiger partial charge on any atom is 0.239 e. The highest BCUT2D eigenvalue weighted by Crippen LogP contribution is 2.22. The lowest BCUT2D eigenvalue weighted by Gasteiger charge is -2.31. The van der Waals surface area contributed by atoms with Gasteiger partial charge in [-0.2, -0.15) is 0 Å². The van der Waals surface area contributed by atoms with Crippen molar-refractivity contribution in [2.45, 2.75) is 39.8 Å². The van der Waals surface area contributed by atoms with E-state index in [1.807, 2.05) is 30.0 Å². The van der Waals surface area contributed by atoms with Crippen LogP contribution in [0.15, 0.2) is 35.7 Å². The zero-order chi connectivity index (χ0) is 19.2. The number of anilines is 1. The van der Waals surface area contributed by atoms with Gasteiger partial charge in [-0.15, -0.1) is 11.3 Å². The molecule has 1 amide bonds. The molecule has 3 rings (SSSR count). The van der Waals surface area contributed by atoms with Gasteiger partial charge < -0.3 is 9.80 Å². The summed E-state index contributed by atoms with van der Waals surface area (Å²) in [6.07, 6.45) is 1.06. The number of amides is 1. The highest BCUT2D eigenvalue weighted by atomic mass is 32.1. The van der Waals surface area contributed by atoms with E-state index in [0.29, 0.717) is 6.54 Å². The normalized spacial score (nSPS) is 16.8. The molecule has 6 heteroatoms. The molecule has 27 heavy (non-hydrogen) atoms. The summed E-state index contributed by atoms with van der Waals surface area (Å²) in [5.74, 6) is 0.222. The molecule has 0 spiro atoms. The van der Waals surface area contributed by atoms with Crippen LogP contribution < -0.4 is 4.90 Å². The van der Waals surface area contributed by atoms with Gasteiger partial charge in [0.15, 0.2) is 5.13 Å². The lowest BCUT2D eigenvalue weighted by molar-refractivity contribution is -0.136. The fourth-order valence-electron chi connectivity index (χ4n) is 3.57. The van der Waals surface area contributed by atoms with Gasteiger partial charge >= 0.3 is 0 Å². The maximum absolute atomic E-state index is 13.1. The van der Waals surface area contributed by atoms with Crippen molar-refractivity contribution in [3.8, 4) is 0 Å². The van der Waals surface area contributed by atoms with Crippen LogP contribution >= 0.6 is 11.3 Å². The molecule has 2 aromatic rings. The fraction of sp³-hybridized carbons (Fsp3) is 0.524. The topological polar surface area (TPSA) is 39.7 Å². The highest BCUT2D eigenvalue weighted by Gasteiger charge is 2.27. The van der Waals surface area contributed by atoms with E-state index >= 15 is 0 Å². The second-order valence-corrected chi connectivity index (χ2v) is 8.00. The van der Waals surface area contributed by atoms with Crippen LogP contribution in [0, 0.1) is 6.92 Å². The number of nitrogens with zero attached hydrogens (tertiary/aromatic N) is 4. The number of hydrogen-bond donors (Lipinski definition) is 0. The molecule has 1 unspecified atom stereocenters. The molecule has 1 aliphatic rings. The van der Waals surface area contributed by atoms with Gasteiger partial charge in [0.05, 0.1) is 11.7 Å². The van der Waals surface area contributed by atoms with Gasteiger partial charge in [0.25, 0.3) is 0 Å². The van der Waals surface area contributed by atoms with Crippen molar-refractivity contribution >= 4 is 22.4 Å². The summed E-state index contributed by atoms with van der Waals surface area (Å²) in [7, 11) is 0. The van der Waals surface area contributed by atoms with Crippen molar-refractivity contribution < 1.29 is 4.79 Å². The second-order valence-electron chi connectivity index (χ2n) is 7.16. The van der Waals surface area contributed by atoms with Crippen molar-refractivity contribution in [2.75, 3.05) is 37.6 Å². The van der Waals surface area contributed by atoms with E-state index in [-0.39, 0.29) is 11.9 Å². The Balaban J connectivity index is 1.60. The average Bonchev–Trinajstić information content (AvgIpc) is 2.98. The Morgan fingerprint density at radius 1 is 1.22 bits per heavy atom. The van der Waals surface area contributed by atoms with Gasteiger partial charge in [0.2, 0.25) is 5.91 Å². The SMILES string of the molecule is CCN(Cc1ccccc1)C(=O)C(C)N1CCCN(c2nc(C)cs2)CC1. The van der Waals surface area contributed by atoms with Crippen molar-refractivity contribution in [3.63, 3.8) is 0 Å². The van der Waals surface area contributed by atoms with Crippen molar-refractivity contribution in [3.05, 3.63) is 47.0 Å². The molecule has 0 saturated carbocycles. The second kappa shape index (κ2) is 9.33. The van der Waals surface area contributed by atoms with E-state index in [4.69, 9.17) is 0 Å². The van der Waals surface area contributed by atoms with Crippen LogP contribution in [0.2, 0.25) is 0 Å². The fourth-order valence-corrected chi connectivity index (χ4v) is 4.43. The highest BCUT2D eigenvalue weighted by molar-refractivity contribution is 7.13. The van der Waals surface area contributed by atoms with Crippen LogP contribution in [-0.2, 0) is 11.3 Å². The predicted molar refractivity (Wildman–Crippen MR) is 112 cm³/mol. The molecule has 5 nitrogen and oxygen atoms in total. The first kappa shape index (κ1) is 19.8. The number of carbonyl (C=O) groups is 1.